The second-order valence-electron chi connectivity index (χ2n) is 5.23. The fourth-order valence-electron chi connectivity index (χ4n) is 2.37. The average Bonchev–Trinajstić information content (AvgIpc) is 2.44. The number of carbonyl (C=O) groups excluding carboxylic acids is 2. The highest BCUT2D eigenvalue weighted by Crippen LogP contribution is 2.24. The van der Waals surface area contributed by atoms with Gasteiger partial charge in [-0.25, -0.2) is 4.39 Å². The Labute approximate surface area is 118 Å². The van der Waals surface area contributed by atoms with E-state index in [4.69, 9.17) is 0 Å². The van der Waals surface area contributed by atoms with E-state index in [1.807, 2.05) is 13.8 Å². The molecule has 1 aliphatic heterocycles. The number of anilines is 1. The Bertz CT molecular complexity index is 515. The van der Waals surface area contributed by atoms with E-state index in [1.165, 1.54) is 29.2 Å². The van der Waals surface area contributed by atoms with Crippen LogP contribution < -0.4 is 10.2 Å². The van der Waals surface area contributed by atoms with Crippen molar-refractivity contribution in [2.45, 2.75) is 39.3 Å². The normalized spacial score (nSPS) is 24.5. The first-order chi connectivity index (χ1) is 9.45. The Morgan fingerprint density at radius 3 is 2.45 bits per heavy atom. The van der Waals surface area contributed by atoms with E-state index in [1.54, 1.807) is 6.92 Å². The minimum atomic E-state index is -0.590. The van der Waals surface area contributed by atoms with Crippen LogP contribution >= 0.6 is 0 Å². The summed E-state index contributed by atoms with van der Waals surface area (Å²) in [5.41, 5.74) is 0.548. The summed E-state index contributed by atoms with van der Waals surface area (Å²) < 4.78 is 13.0. The van der Waals surface area contributed by atoms with Crippen LogP contribution in [-0.2, 0) is 9.59 Å². The number of nitrogens with zero attached hydrogens (tertiary/aromatic N) is 1. The van der Waals surface area contributed by atoms with Crippen molar-refractivity contribution in [3.05, 3.63) is 30.1 Å². The van der Waals surface area contributed by atoms with Crippen LogP contribution in [0.4, 0.5) is 10.1 Å². The van der Waals surface area contributed by atoms with Crippen LogP contribution in [0.5, 0.6) is 0 Å². The second kappa shape index (κ2) is 5.61. The van der Waals surface area contributed by atoms with Crippen LogP contribution in [0, 0.1) is 11.7 Å². The first-order valence-corrected chi connectivity index (χ1v) is 6.84. The summed E-state index contributed by atoms with van der Waals surface area (Å²) in [5, 5.41) is 2.77. The summed E-state index contributed by atoms with van der Waals surface area (Å²) in [4.78, 5) is 26.1. The molecule has 2 rings (SSSR count). The Balaban J connectivity index is 2.35. The van der Waals surface area contributed by atoms with E-state index in [0.717, 1.165) is 6.42 Å². The molecule has 0 aromatic heterocycles. The van der Waals surface area contributed by atoms with Crippen molar-refractivity contribution in [2.75, 3.05) is 4.90 Å². The lowest BCUT2D eigenvalue weighted by atomic mass is 9.94. The average molecular weight is 278 g/mol. The van der Waals surface area contributed by atoms with Gasteiger partial charge in [0.1, 0.15) is 17.9 Å². The number of hydrogen-bond donors (Lipinski definition) is 1. The van der Waals surface area contributed by atoms with E-state index in [-0.39, 0.29) is 23.5 Å². The highest BCUT2D eigenvalue weighted by atomic mass is 19.1. The number of nitrogens with one attached hydrogen (secondary N) is 1. The highest BCUT2D eigenvalue weighted by Gasteiger charge is 2.40. The zero-order valence-corrected chi connectivity index (χ0v) is 11.9. The number of hydrogen-bond acceptors (Lipinski definition) is 2. The molecule has 1 heterocycles. The molecule has 108 valence electrons. The number of amides is 2. The van der Waals surface area contributed by atoms with Gasteiger partial charge in [0.2, 0.25) is 5.91 Å². The quantitative estimate of drug-likeness (QED) is 0.920. The van der Waals surface area contributed by atoms with Gasteiger partial charge in [0.05, 0.1) is 0 Å². The number of halogens is 1. The van der Waals surface area contributed by atoms with Crippen LogP contribution in [0.1, 0.15) is 27.2 Å². The molecule has 3 unspecified atom stereocenters. The van der Waals surface area contributed by atoms with Crippen LogP contribution in [0.2, 0.25) is 0 Å². The largest absolute Gasteiger partial charge is 0.342 e. The fraction of sp³-hybridized carbons (Fsp3) is 0.467. The first kappa shape index (κ1) is 14.5. The lowest BCUT2D eigenvalue weighted by molar-refractivity contribution is -0.134. The van der Waals surface area contributed by atoms with Gasteiger partial charge in [0, 0.05) is 5.69 Å². The van der Waals surface area contributed by atoms with Crippen LogP contribution in [0.3, 0.4) is 0 Å². The zero-order valence-electron chi connectivity index (χ0n) is 11.9. The molecule has 0 radical (unpaired) electrons. The van der Waals surface area contributed by atoms with Gasteiger partial charge in [-0.05, 0) is 37.1 Å². The monoisotopic (exact) mass is 278 g/mol. The van der Waals surface area contributed by atoms with Crippen LogP contribution in [0.15, 0.2) is 24.3 Å². The molecular formula is C15H19FN2O2. The van der Waals surface area contributed by atoms with Gasteiger partial charge in [-0.3, -0.25) is 14.5 Å². The predicted molar refractivity (Wildman–Crippen MR) is 74.7 cm³/mol. The summed E-state index contributed by atoms with van der Waals surface area (Å²) in [5.74, 6) is -0.632. The Hall–Kier alpha value is -1.91. The fourth-order valence-corrected chi connectivity index (χ4v) is 2.37. The molecule has 1 saturated heterocycles. The molecule has 20 heavy (non-hydrogen) atoms. The first-order valence-electron chi connectivity index (χ1n) is 6.84. The Morgan fingerprint density at radius 2 is 1.90 bits per heavy atom. The van der Waals surface area contributed by atoms with Crippen molar-refractivity contribution < 1.29 is 14.0 Å². The maximum Gasteiger partial charge on any atom is 0.250 e. The summed E-state index contributed by atoms with van der Waals surface area (Å²) in [6, 6.07) is 4.52. The van der Waals surface area contributed by atoms with Crippen molar-refractivity contribution in [3.63, 3.8) is 0 Å². The zero-order chi connectivity index (χ0) is 14.9. The minimum absolute atomic E-state index is 0.0573. The molecular weight excluding hydrogens is 259 g/mol. The third-order valence-electron chi connectivity index (χ3n) is 3.89. The van der Waals surface area contributed by atoms with Crippen molar-refractivity contribution in [3.8, 4) is 0 Å². The molecule has 0 saturated carbocycles. The molecule has 4 nitrogen and oxygen atoms in total. The second-order valence-corrected chi connectivity index (χ2v) is 5.23. The standard InChI is InChI=1S/C15H19FN2O2/c1-4-9(2)13-15(20)18(10(3)14(19)17-13)12-7-5-11(16)6-8-12/h5-10,13H,4H2,1-3H3,(H,17,19). The maximum atomic E-state index is 13.0. The summed E-state index contributed by atoms with van der Waals surface area (Å²) in [6.45, 7) is 5.58. The molecule has 5 heteroatoms. The van der Waals surface area contributed by atoms with Crippen molar-refractivity contribution in [1.82, 2.24) is 5.32 Å². The molecule has 0 spiro atoms. The van der Waals surface area contributed by atoms with Gasteiger partial charge >= 0.3 is 0 Å². The van der Waals surface area contributed by atoms with E-state index < -0.39 is 12.1 Å². The molecule has 1 N–H and O–H groups in total. The molecule has 1 aliphatic rings. The van der Waals surface area contributed by atoms with E-state index >= 15 is 0 Å². The Kier molecular flexibility index (Phi) is 4.06. The van der Waals surface area contributed by atoms with E-state index in [2.05, 4.69) is 5.32 Å². The van der Waals surface area contributed by atoms with Gasteiger partial charge < -0.3 is 5.32 Å². The van der Waals surface area contributed by atoms with Crippen LogP contribution in [-0.4, -0.2) is 23.9 Å². The smallest absolute Gasteiger partial charge is 0.250 e. The van der Waals surface area contributed by atoms with Crippen molar-refractivity contribution >= 4 is 17.5 Å². The molecule has 0 bridgehead atoms. The van der Waals surface area contributed by atoms with Crippen molar-refractivity contribution in [2.24, 2.45) is 5.92 Å². The third-order valence-corrected chi connectivity index (χ3v) is 3.89. The predicted octanol–water partition coefficient (Wildman–Crippen LogP) is 2.09. The molecule has 1 aromatic rings. The molecule has 2 amide bonds. The van der Waals surface area contributed by atoms with Gasteiger partial charge in [0.25, 0.3) is 5.91 Å². The number of benzene rings is 1. The van der Waals surface area contributed by atoms with Gasteiger partial charge in [0.15, 0.2) is 0 Å². The van der Waals surface area contributed by atoms with Gasteiger partial charge in [-0.1, -0.05) is 20.3 Å². The Morgan fingerprint density at radius 1 is 1.30 bits per heavy atom. The maximum absolute atomic E-state index is 13.0. The highest BCUT2D eigenvalue weighted by molar-refractivity contribution is 6.08. The molecule has 0 aliphatic carbocycles. The molecule has 1 aromatic carbocycles. The summed E-state index contributed by atoms with van der Waals surface area (Å²) in [6.07, 6.45) is 0.794. The van der Waals surface area contributed by atoms with Crippen LogP contribution in [0.25, 0.3) is 0 Å². The van der Waals surface area contributed by atoms with E-state index in [9.17, 15) is 14.0 Å². The molecule has 1 fully saturated rings. The minimum Gasteiger partial charge on any atom is -0.342 e. The third kappa shape index (κ3) is 2.53. The molecule has 3 atom stereocenters. The number of piperazine rings is 1. The summed E-state index contributed by atoms with van der Waals surface area (Å²) in [7, 11) is 0. The van der Waals surface area contributed by atoms with Gasteiger partial charge in [-0.15, -0.1) is 0 Å². The lowest BCUT2D eigenvalue weighted by Crippen LogP contribution is -2.64. The van der Waals surface area contributed by atoms with Crippen molar-refractivity contribution in [1.29, 1.82) is 0 Å². The van der Waals surface area contributed by atoms with Gasteiger partial charge in [-0.2, -0.15) is 0 Å². The number of rotatable bonds is 3. The lowest BCUT2D eigenvalue weighted by Gasteiger charge is -2.39. The topological polar surface area (TPSA) is 49.4 Å². The summed E-state index contributed by atoms with van der Waals surface area (Å²) >= 11 is 0. The SMILES string of the molecule is CCC(C)C1NC(=O)C(C)N(c2ccc(F)cc2)C1=O. The number of carbonyl (C=O) groups is 2. The van der Waals surface area contributed by atoms with E-state index in [0.29, 0.717) is 5.69 Å².